The molecule has 2 aromatic carbocycles. The summed E-state index contributed by atoms with van der Waals surface area (Å²) < 4.78 is 15.6. The summed E-state index contributed by atoms with van der Waals surface area (Å²) in [7, 11) is 0. The van der Waals surface area contributed by atoms with Crippen molar-refractivity contribution >= 4 is 64.2 Å². The van der Waals surface area contributed by atoms with Crippen LogP contribution in [0, 0.1) is 23.6 Å². The number of aromatic nitrogens is 1. The van der Waals surface area contributed by atoms with Gasteiger partial charge in [0.1, 0.15) is 5.82 Å². The van der Waals surface area contributed by atoms with Crippen LogP contribution in [-0.2, 0) is 0 Å². The van der Waals surface area contributed by atoms with E-state index in [4.69, 9.17) is 28.6 Å². The second-order valence-electron chi connectivity index (χ2n) is 9.03. The van der Waals surface area contributed by atoms with E-state index in [1.54, 1.807) is 36.3 Å². The number of aryl methyl sites for hydroxylation is 1. The number of hydrogen-bond acceptors (Lipinski definition) is 7. The molecule has 5 rings (SSSR count). The van der Waals surface area contributed by atoms with Gasteiger partial charge in [0, 0.05) is 46.7 Å². The van der Waals surface area contributed by atoms with Crippen LogP contribution in [0.1, 0.15) is 27.5 Å². The van der Waals surface area contributed by atoms with E-state index in [1.807, 2.05) is 25.1 Å². The van der Waals surface area contributed by atoms with Gasteiger partial charge in [-0.05, 0) is 85.8 Å². The lowest BCUT2D eigenvalue weighted by Gasteiger charge is -2.45. The number of Topliss-reactive ketones (excluding diaryl/α,β-unsaturated/α-hetero) is 1. The monoisotopic (exact) mass is 572 g/mol. The molecule has 5 nitrogen and oxygen atoms in total. The Morgan fingerprint density at radius 3 is 2.70 bits per heavy atom. The number of rotatable bonds is 7. The number of carbonyl (C=O) groups is 1. The van der Waals surface area contributed by atoms with E-state index < -0.39 is 5.41 Å². The van der Waals surface area contributed by atoms with Gasteiger partial charge in [0.25, 0.3) is 0 Å². The number of thiazole rings is 1. The third-order valence-electron chi connectivity index (χ3n) is 6.52. The Labute approximate surface area is 233 Å². The third kappa shape index (κ3) is 5.40. The number of carbonyl (C=O) groups excluding carboxylic acids is 1. The molecule has 37 heavy (non-hydrogen) atoms. The van der Waals surface area contributed by atoms with Crippen LogP contribution in [-0.4, -0.2) is 34.4 Å². The molecule has 0 radical (unpaired) electrons. The Hall–Kier alpha value is -2.49. The van der Waals surface area contributed by atoms with E-state index in [9.17, 15) is 9.18 Å². The Balaban J connectivity index is 1.50. The zero-order valence-corrected chi connectivity index (χ0v) is 23.0. The summed E-state index contributed by atoms with van der Waals surface area (Å²) in [5.74, 6) is -0.347. The molecule has 1 fully saturated rings. The number of ketones is 1. The lowest BCUT2D eigenvalue weighted by Crippen LogP contribution is -2.48. The maximum Gasteiger partial charge on any atom is 0.203 e. The lowest BCUT2D eigenvalue weighted by molar-refractivity contribution is 0.0780. The SMILES string of the molecule is Cc1cnc(C(=O)C23CC(C=N)=C(Nc4ccc(F)cc4)C=C2CCN(Sc2ccc(Cl)c(Cl)c2)C3)s1. The predicted molar refractivity (Wildman–Crippen MR) is 151 cm³/mol. The van der Waals surface area contributed by atoms with Crippen molar-refractivity contribution in [2.45, 2.75) is 24.7 Å². The second kappa shape index (κ2) is 10.7. The summed E-state index contributed by atoms with van der Waals surface area (Å²) in [6.45, 7) is 3.12. The highest BCUT2D eigenvalue weighted by Gasteiger charge is 2.49. The van der Waals surface area contributed by atoms with Crippen LogP contribution in [0.25, 0.3) is 0 Å². The van der Waals surface area contributed by atoms with Gasteiger partial charge in [-0.15, -0.1) is 11.3 Å². The summed E-state index contributed by atoms with van der Waals surface area (Å²) in [6, 6.07) is 11.6. The van der Waals surface area contributed by atoms with Crippen LogP contribution in [0.5, 0.6) is 0 Å². The van der Waals surface area contributed by atoms with Crippen molar-refractivity contribution < 1.29 is 9.18 Å². The number of fused-ring (bicyclic) bond motifs is 1. The number of nitrogens with zero attached hydrogens (tertiary/aromatic N) is 2. The van der Waals surface area contributed by atoms with E-state index in [0.717, 1.165) is 33.3 Å². The molecule has 0 bridgehead atoms. The van der Waals surface area contributed by atoms with Gasteiger partial charge in [-0.2, -0.15) is 0 Å². The first-order valence-electron chi connectivity index (χ1n) is 11.6. The zero-order valence-electron chi connectivity index (χ0n) is 19.9. The minimum absolute atomic E-state index is 0.0310. The number of hydrogen-bond donors (Lipinski definition) is 2. The van der Waals surface area contributed by atoms with E-state index in [2.05, 4.69) is 14.6 Å². The van der Waals surface area contributed by atoms with Crippen LogP contribution in [0.15, 0.2) is 76.5 Å². The number of allylic oxidation sites excluding steroid dienone is 2. The van der Waals surface area contributed by atoms with Crippen LogP contribution in [0.4, 0.5) is 10.1 Å². The molecular weight excluding hydrogens is 550 g/mol. The highest BCUT2D eigenvalue weighted by molar-refractivity contribution is 7.97. The van der Waals surface area contributed by atoms with Crippen LogP contribution in [0.3, 0.4) is 0 Å². The van der Waals surface area contributed by atoms with E-state index in [-0.39, 0.29) is 11.6 Å². The van der Waals surface area contributed by atoms with Crippen molar-refractivity contribution in [1.82, 2.24) is 9.29 Å². The quantitative estimate of drug-likeness (QED) is 0.171. The summed E-state index contributed by atoms with van der Waals surface area (Å²) >= 11 is 15.3. The van der Waals surface area contributed by atoms with Crippen molar-refractivity contribution in [3.63, 3.8) is 0 Å². The number of anilines is 1. The topological polar surface area (TPSA) is 69.1 Å². The molecule has 1 aliphatic carbocycles. The summed E-state index contributed by atoms with van der Waals surface area (Å²) in [6.07, 6.45) is 6.05. The standard InChI is InChI=1S/C27H23Cl2FN4OS2/c1-16-14-32-26(36-16)25(35)27-12-17(13-31)24(33-20-4-2-19(30)3-5-20)10-18(27)8-9-34(15-27)37-21-6-7-22(28)23(29)11-21/h2-7,10-11,13-14,31,33H,8-9,12,15H2,1H3. The average Bonchev–Trinajstić information content (AvgIpc) is 3.33. The van der Waals surface area contributed by atoms with Gasteiger partial charge in [0.2, 0.25) is 5.78 Å². The maximum atomic E-state index is 14.1. The molecule has 190 valence electrons. The molecule has 2 N–H and O–H groups in total. The smallest absolute Gasteiger partial charge is 0.203 e. The molecule has 0 saturated carbocycles. The molecule has 1 saturated heterocycles. The molecule has 3 aromatic rings. The van der Waals surface area contributed by atoms with Crippen molar-refractivity contribution in [2.75, 3.05) is 18.4 Å². The third-order valence-corrected chi connectivity index (χ3v) is 9.21. The second-order valence-corrected chi connectivity index (χ2v) is 12.2. The van der Waals surface area contributed by atoms with E-state index >= 15 is 0 Å². The normalized spacial score (nSPS) is 19.8. The fourth-order valence-electron chi connectivity index (χ4n) is 4.69. The molecule has 1 aliphatic heterocycles. The zero-order chi connectivity index (χ0) is 26.2. The summed E-state index contributed by atoms with van der Waals surface area (Å²) in [5.41, 5.74) is 2.32. The number of halogens is 3. The van der Waals surface area contributed by atoms with Crippen LogP contribution < -0.4 is 5.32 Å². The van der Waals surface area contributed by atoms with Crippen molar-refractivity contribution in [2.24, 2.45) is 5.41 Å². The number of piperidine rings is 1. The molecule has 2 heterocycles. The van der Waals surface area contributed by atoms with Gasteiger partial charge in [0.05, 0.1) is 15.5 Å². The molecule has 1 aromatic heterocycles. The molecular formula is C27H23Cl2FN4OS2. The van der Waals surface area contributed by atoms with Crippen molar-refractivity contribution in [3.05, 3.63) is 97.3 Å². The van der Waals surface area contributed by atoms with E-state index in [0.29, 0.717) is 40.0 Å². The molecule has 2 aliphatic rings. The van der Waals surface area contributed by atoms with Gasteiger partial charge in [0.15, 0.2) is 5.01 Å². The van der Waals surface area contributed by atoms with Gasteiger partial charge in [-0.1, -0.05) is 28.8 Å². The van der Waals surface area contributed by atoms with Gasteiger partial charge < -0.3 is 10.7 Å². The molecule has 1 unspecified atom stereocenters. The minimum atomic E-state index is -0.855. The number of nitrogens with one attached hydrogen (secondary N) is 2. The fourth-order valence-corrected chi connectivity index (χ4v) is 6.92. The van der Waals surface area contributed by atoms with Crippen LogP contribution >= 0.6 is 46.5 Å². The van der Waals surface area contributed by atoms with Gasteiger partial charge in [-0.3, -0.25) is 4.79 Å². The maximum absolute atomic E-state index is 14.1. The minimum Gasteiger partial charge on any atom is -0.355 e. The first kappa shape index (κ1) is 26.1. The average molecular weight is 574 g/mol. The highest BCUT2D eigenvalue weighted by atomic mass is 35.5. The lowest BCUT2D eigenvalue weighted by atomic mass is 9.66. The molecule has 1 atom stereocenters. The molecule has 10 heteroatoms. The Morgan fingerprint density at radius 2 is 2.03 bits per heavy atom. The van der Waals surface area contributed by atoms with E-state index in [1.165, 1.54) is 29.7 Å². The Morgan fingerprint density at radius 1 is 1.24 bits per heavy atom. The fraction of sp³-hybridized carbons (Fsp3) is 0.222. The Bertz CT molecular complexity index is 1440. The molecule has 0 spiro atoms. The Kier molecular flexibility index (Phi) is 7.56. The highest BCUT2D eigenvalue weighted by Crippen LogP contribution is 2.49. The van der Waals surface area contributed by atoms with Gasteiger partial charge in [-0.25, -0.2) is 13.7 Å². The van der Waals surface area contributed by atoms with Crippen molar-refractivity contribution in [3.8, 4) is 0 Å². The summed E-state index contributed by atoms with van der Waals surface area (Å²) in [4.78, 5) is 20.4. The summed E-state index contributed by atoms with van der Waals surface area (Å²) in [5, 5.41) is 12.9. The van der Waals surface area contributed by atoms with Crippen molar-refractivity contribution in [1.29, 1.82) is 5.41 Å². The van der Waals surface area contributed by atoms with Gasteiger partial charge >= 0.3 is 0 Å². The predicted octanol–water partition coefficient (Wildman–Crippen LogP) is 7.83. The number of benzene rings is 2. The molecule has 0 amide bonds. The first-order chi connectivity index (χ1) is 17.8. The van der Waals surface area contributed by atoms with Crippen LogP contribution in [0.2, 0.25) is 10.0 Å². The largest absolute Gasteiger partial charge is 0.355 e. The first-order valence-corrected chi connectivity index (χ1v) is 13.9.